The van der Waals surface area contributed by atoms with E-state index in [1.807, 2.05) is 0 Å². The van der Waals surface area contributed by atoms with Gasteiger partial charge >= 0.3 is 0 Å². The summed E-state index contributed by atoms with van der Waals surface area (Å²) in [5, 5.41) is 0. The molecule has 0 N–H and O–H groups in total. The van der Waals surface area contributed by atoms with E-state index in [-0.39, 0.29) is 24.3 Å². The van der Waals surface area contributed by atoms with Gasteiger partial charge in [-0.2, -0.15) is 0 Å². The second-order valence-electron chi connectivity index (χ2n) is 22.1. The zero-order chi connectivity index (χ0) is 38.5. The number of nitrogens with zero attached hydrogens (tertiary/aromatic N) is 2. The SMILES string of the molecule is c1ccc2c(c1)C[C@@H]1OC(C(Cc3ccc(C45CC6CC(CC(C6)C4)C5)cc3)(Cc3ccc(C45CC6CC(CC(C6)C4)C5)cc3)C3=N[C@@H]4c5ccccc5C[C@@H]4O3)=N[C@H]21. The Labute approximate surface area is 350 Å². The van der Waals surface area contributed by atoms with Gasteiger partial charge in [-0.05, 0) is 181 Å². The van der Waals surface area contributed by atoms with Crippen LogP contribution in [0.4, 0.5) is 0 Å². The van der Waals surface area contributed by atoms with E-state index in [1.54, 1.807) is 11.1 Å². The lowest BCUT2D eigenvalue weighted by molar-refractivity contribution is -0.00531. The molecule has 8 fully saturated rings. The smallest absolute Gasteiger partial charge is 0.201 e. The van der Waals surface area contributed by atoms with Crippen LogP contribution in [0, 0.1) is 40.9 Å². The second kappa shape index (κ2) is 12.5. The van der Waals surface area contributed by atoms with Crippen LogP contribution < -0.4 is 0 Å². The van der Waals surface area contributed by atoms with Crippen LogP contribution in [0.3, 0.4) is 0 Å². The van der Waals surface area contributed by atoms with E-state index < -0.39 is 5.41 Å². The highest BCUT2D eigenvalue weighted by atomic mass is 16.5. The van der Waals surface area contributed by atoms with Crippen LogP contribution in [-0.2, 0) is 46.0 Å². The molecular formula is C55H58N2O2. The van der Waals surface area contributed by atoms with Crippen molar-refractivity contribution in [2.75, 3.05) is 0 Å². The lowest BCUT2D eigenvalue weighted by atomic mass is 9.48. The topological polar surface area (TPSA) is 43.2 Å². The molecule has 4 aromatic rings. The molecule has 8 bridgehead atoms. The van der Waals surface area contributed by atoms with Crippen molar-refractivity contribution in [2.45, 2.75) is 138 Å². The van der Waals surface area contributed by atoms with Crippen LogP contribution >= 0.6 is 0 Å². The Balaban J connectivity index is 0.875. The summed E-state index contributed by atoms with van der Waals surface area (Å²) < 4.78 is 14.5. The molecule has 300 valence electrons. The molecule has 0 amide bonds. The van der Waals surface area contributed by atoms with E-state index in [1.165, 1.54) is 110 Å². The molecule has 16 rings (SSSR count). The van der Waals surface area contributed by atoms with Crippen molar-refractivity contribution < 1.29 is 9.47 Å². The maximum atomic E-state index is 7.25. The van der Waals surface area contributed by atoms with Crippen molar-refractivity contribution in [1.82, 2.24) is 0 Å². The lowest BCUT2D eigenvalue weighted by Crippen LogP contribution is -2.48. The summed E-state index contributed by atoms with van der Waals surface area (Å²) in [4.78, 5) is 11.3. The summed E-state index contributed by atoms with van der Waals surface area (Å²) in [5.41, 5.74) is 11.3. The Morgan fingerprint density at radius 3 is 1.19 bits per heavy atom. The molecule has 0 saturated heterocycles. The van der Waals surface area contributed by atoms with Gasteiger partial charge in [-0.15, -0.1) is 0 Å². The number of benzene rings is 4. The normalized spacial score (nSPS) is 38.6. The molecule has 4 nitrogen and oxygen atoms in total. The Morgan fingerprint density at radius 2 is 0.814 bits per heavy atom. The van der Waals surface area contributed by atoms with Crippen LogP contribution in [0.5, 0.6) is 0 Å². The summed E-state index contributed by atoms with van der Waals surface area (Å²) in [7, 11) is 0. The van der Waals surface area contributed by atoms with E-state index in [4.69, 9.17) is 19.5 Å². The summed E-state index contributed by atoms with van der Waals surface area (Å²) in [6.07, 6.45) is 20.6. The minimum Gasteiger partial charge on any atom is -0.474 e. The Morgan fingerprint density at radius 1 is 0.458 bits per heavy atom. The average molecular weight is 779 g/mol. The molecule has 59 heavy (non-hydrogen) atoms. The molecule has 4 aromatic carbocycles. The Hall–Kier alpha value is -4.18. The van der Waals surface area contributed by atoms with Gasteiger partial charge in [-0.25, -0.2) is 9.98 Å². The first-order valence-corrected chi connectivity index (χ1v) is 23.8. The van der Waals surface area contributed by atoms with Gasteiger partial charge < -0.3 is 9.47 Å². The van der Waals surface area contributed by atoms with Crippen molar-refractivity contribution in [2.24, 2.45) is 50.9 Å². The average Bonchev–Trinajstić information content (AvgIpc) is 4.00. The number of hydrogen-bond acceptors (Lipinski definition) is 4. The molecule has 0 radical (unpaired) electrons. The fourth-order valence-electron chi connectivity index (χ4n) is 16.7. The highest BCUT2D eigenvalue weighted by molar-refractivity contribution is 6.07. The van der Waals surface area contributed by atoms with Crippen LogP contribution in [-0.4, -0.2) is 24.0 Å². The highest BCUT2D eigenvalue weighted by Gasteiger charge is 2.56. The first kappa shape index (κ1) is 34.5. The van der Waals surface area contributed by atoms with Crippen LogP contribution in [0.1, 0.15) is 134 Å². The number of fused-ring (bicyclic) bond motifs is 6. The standard InChI is InChI=1S/C55H58N2O2/c1-3-7-45-41(5-1)23-47-49(45)56-51(58-47)55(52-57-50-46-8-4-2-6-42(46)24-48(50)59-52,31-33-9-13-43(14-10-33)53-25-35-17-36(26-53)19-37(18-35)27-53)32-34-11-15-44(16-12-34)54-28-38-20-39(29-54)22-40(21-38)30-54/h1-16,35-40,47-50H,17-32H2/t35?,36?,37?,38?,39?,40?,47-,48-,49+,50+,53?,54?/m0/s1. The van der Waals surface area contributed by atoms with E-state index in [2.05, 4.69) is 97.1 Å². The van der Waals surface area contributed by atoms with Crippen molar-refractivity contribution in [3.05, 3.63) is 142 Å². The van der Waals surface area contributed by atoms with Crippen molar-refractivity contribution in [3.8, 4) is 0 Å². The van der Waals surface area contributed by atoms with E-state index in [0.29, 0.717) is 10.8 Å². The minimum absolute atomic E-state index is 0.0136. The third-order valence-corrected chi connectivity index (χ3v) is 18.4. The molecule has 0 unspecified atom stereocenters. The van der Waals surface area contributed by atoms with Gasteiger partial charge in [0, 0.05) is 12.8 Å². The van der Waals surface area contributed by atoms with Gasteiger partial charge in [-0.3, -0.25) is 0 Å². The van der Waals surface area contributed by atoms with Gasteiger partial charge in [0.05, 0.1) is 0 Å². The quantitative estimate of drug-likeness (QED) is 0.179. The fourth-order valence-corrected chi connectivity index (χ4v) is 16.7. The molecule has 4 heteroatoms. The molecule has 2 aliphatic heterocycles. The maximum Gasteiger partial charge on any atom is 0.201 e. The molecule has 10 aliphatic carbocycles. The van der Waals surface area contributed by atoms with Gasteiger partial charge in [0.15, 0.2) is 0 Å². The first-order chi connectivity index (χ1) is 28.9. The second-order valence-corrected chi connectivity index (χ2v) is 22.1. The predicted molar refractivity (Wildman–Crippen MR) is 233 cm³/mol. The van der Waals surface area contributed by atoms with E-state index >= 15 is 0 Å². The fraction of sp³-hybridized carbons (Fsp3) is 0.527. The van der Waals surface area contributed by atoms with E-state index in [9.17, 15) is 0 Å². The molecular weight excluding hydrogens is 721 g/mol. The van der Waals surface area contributed by atoms with Crippen LogP contribution in [0.25, 0.3) is 0 Å². The largest absolute Gasteiger partial charge is 0.474 e. The third-order valence-electron chi connectivity index (χ3n) is 18.4. The minimum atomic E-state index is -0.664. The van der Waals surface area contributed by atoms with E-state index in [0.717, 1.165) is 73.0 Å². The Bertz CT molecular complexity index is 2170. The van der Waals surface area contributed by atoms with Gasteiger partial charge in [0.1, 0.15) is 29.7 Å². The number of hydrogen-bond donors (Lipinski definition) is 0. The maximum absolute atomic E-state index is 7.25. The zero-order valence-electron chi connectivity index (χ0n) is 34.5. The molecule has 0 aromatic heterocycles. The summed E-state index contributed by atoms with van der Waals surface area (Å²) in [5.74, 6) is 7.30. The zero-order valence-corrected chi connectivity index (χ0v) is 34.5. The van der Waals surface area contributed by atoms with Crippen LogP contribution in [0.2, 0.25) is 0 Å². The van der Waals surface area contributed by atoms with Crippen molar-refractivity contribution in [1.29, 1.82) is 0 Å². The van der Waals surface area contributed by atoms with Crippen molar-refractivity contribution >= 4 is 11.8 Å². The Kier molecular flexibility index (Phi) is 7.29. The number of rotatable bonds is 8. The molecule has 0 spiro atoms. The lowest BCUT2D eigenvalue weighted by Gasteiger charge is -2.57. The highest BCUT2D eigenvalue weighted by Crippen LogP contribution is 2.62. The van der Waals surface area contributed by atoms with Crippen molar-refractivity contribution in [3.63, 3.8) is 0 Å². The summed E-state index contributed by atoms with van der Waals surface area (Å²) in [6, 6.07) is 37.7. The number of aliphatic imine (C=N–C) groups is 2. The first-order valence-electron chi connectivity index (χ1n) is 23.8. The van der Waals surface area contributed by atoms with Gasteiger partial charge in [0.25, 0.3) is 0 Å². The monoisotopic (exact) mass is 778 g/mol. The molecule has 8 saturated carbocycles. The van der Waals surface area contributed by atoms with Gasteiger partial charge in [0.2, 0.25) is 11.8 Å². The number of ether oxygens (including phenoxy) is 2. The van der Waals surface area contributed by atoms with Crippen LogP contribution in [0.15, 0.2) is 107 Å². The third kappa shape index (κ3) is 5.26. The molecule has 2 heterocycles. The molecule has 12 aliphatic rings. The summed E-state index contributed by atoms with van der Waals surface area (Å²) in [6.45, 7) is 0. The van der Waals surface area contributed by atoms with Gasteiger partial charge in [-0.1, -0.05) is 97.1 Å². The summed E-state index contributed by atoms with van der Waals surface area (Å²) >= 11 is 0. The predicted octanol–water partition coefficient (Wildman–Crippen LogP) is 11.6. The molecule has 4 atom stereocenters.